The van der Waals surface area contributed by atoms with Crippen molar-refractivity contribution in [1.29, 1.82) is 0 Å². The van der Waals surface area contributed by atoms with Crippen molar-refractivity contribution in [3.8, 4) is 51.3 Å². The van der Waals surface area contributed by atoms with Gasteiger partial charge in [0.15, 0.2) is 11.5 Å². The zero-order valence-electron chi connectivity index (χ0n) is 27.3. The second-order valence-corrected chi connectivity index (χ2v) is 10.9. The van der Waals surface area contributed by atoms with Crippen LogP contribution in [-0.2, 0) is 0 Å². The highest BCUT2D eigenvalue weighted by Gasteiger charge is 2.17. The van der Waals surface area contributed by atoms with Crippen molar-refractivity contribution in [3.05, 3.63) is 66.5 Å². The lowest BCUT2D eigenvalue weighted by molar-refractivity contribution is 0.218. The molecule has 0 N–H and O–H groups in total. The van der Waals surface area contributed by atoms with E-state index in [1.165, 1.54) is 0 Å². The average Bonchev–Trinajstić information content (AvgIpc) is 3.04. The van der Waals surface area contributed by atoms with Crippen LogP contribution in [0.1, 0.15) is 25.8 Å². The van der Waals surface area contributed by atoms with Gasteiger partial charge < -0.3 is 33.5 Å². The Bertz CT molecular complexity index is 1470. The molecular weight excluding hydrogens is 556 g/mol. The number of nitrogens with zero attached hydrogens (tertiary/aromatic N) is 4. The number of hydrogen-bond acceptors (Lipinski definition) is 9. The summed E-state index contributed by atoms with van der Waals surface area (Å²) in [5.41, 5.74) is 6.62. The van der Waals surface area contributed by atoms with Gasteiger partial charge in [0.05, 0.1) is 69.7 Å². The van der Waals surface area contributed by atoms with Crippen molar-refractivity contribution in [1.82, 2.24) is 9.97 Å². The first-order valence-electron chi connectivity index (χ1n) is 14.7. The number of benzene rings is 2. The van der Waals surface area contributed by atoms with Gasteiger partial charge in [-0.15, -0.1) is 0 Å². The zero-order valence-corrected chi connectivity index (χ0v) is 27.3. The lowest BCUT2D eigenvalue weighted by Gasteiger charge is -2.23. The molecule has 2 aromatic carbocycles. The van der Waals surface area contributed by atoms with Gasteiger partial charge in [-0.25, -0.2) is 0 Å². The molecule has 0 radical (unpaired) electrons. The Morgan fingerprint density at radius 3 is 1.39 bits per heavy atom. The van der Waals surface area contributed by atoms with Gasteiger partial charge in [-0.2, -0.15) is 0 Å². The molecule has 0 unspecified atom stereocenters. The minimum absolute atomic E-state index is 0.00666. The molecule has 0 saturated heterocycles. The minimum atomic E-state index is -0.00666. The molecule has 0 spiro atoms. The van der Waals surface area contributed by atoms with Gasteiger partial charge in [0.1, 0.15) is 11.5 Å². The molecule has 4 aromatic rings. The summed E-state index contributed by atoms with van der Waals surface area (Å²) in [6.07, 6.45) is 4.77. The number of rotatable bonds is 14. The number of hydrogen-bond donors (Lipinski definition) is 0. The van der Waals surface area contributed by atoms with Crippen molar-refractivity contribution in [2.75, 3.05) is 65.4 Å². The fourth-order valence-corrected chi connectivity index (χ4v) is 4.98. The van der Waals surface area contributed by atoms with Crippen LogP contribution in [0.2, 0.25) is 0 Å². The van der Waals surface area contributed by atoms with Crippen molar-refractivity contribution in [3.63, 3.8) is 0 Å². The largest absolute Gasteiger partial charge is 0.496 e. The van der Waals surface area contributed by atoms with E-state index in [-0.39, 0.29) is 6.10 Å². The van der Waals surface area contributed by atoms with Gasteiger partial charge in [-0.1, -0.05) is 0 Å². The van der Waals surface area contributed by atoms with E-state index in [9.17, 15) is 0 Å². The lowest BCUT2D eigenvalue weighted by Crippen LogP contribution is -2.25. The molecule has 0 aliphatic carbocycles. The monoisotopic (exact) mass is 600 g/mol. The van der Waals surface area contributed by atoms with E-state index >= 15 is 0 Å². The summed E-state index contributed by atoms with van der Waals surface area (Å²) in [7, 11) is 10.8. The first kappa shape index (κ1) is 32.3. The van der Waals surface area contributed by atoms with Crippen LogP contribution in [0.25, 0.3) is 22.5 Å². The molecule has 0 aliphatic heterocycles. The minimum Gasteiger partial charge on any atom is -0.496 e. The Balaban J connectivity index is 1.36. The Kier molecular flexibility index (Phi) is 10.8. The maximum atomic E-state index is 5.93. The van der Waals surface area contributed by atoms with Crippen LogP contribution in [0, 0.1) is 6.92 Å². The van der Waals surface area contributed by atoms with E-state index < -0.39 is 0 Å². The van der Waals surface area contributed by atoms with Gasteiger partial charge in [0.2, 0.25) is 5.75 Å². The van der Waals surface area contributed by atoms with Gasteiger partial charge in [-0.3, -0.25) is 9.97 Å². The van der Waals surface area contributed by atoms with Gasteiger partial charge in [0, 0.05) is 43.9 Å². The first-order chi connectivity index (χ1) is 21.2. The summed E-state index contributed by atoms with van der Waals surface area (Å²) in [5, 5.41) is 0. The number of pyridine rings is 2. The van der Waals surface area contributed by atoms with E-state index in [0.29, 0.717) is 17.2 Å². The highest BCUT2D eigenvalue weighted by Crippen LogP contribution is 2.42. The van der Waals surface area contributed by atoms with Crippen molar-refractivity contribution in [2.24, 2.45) is 0 Å². The summed E-state index contributed by atoms with van der Waals surface area (Å²) >= 11 is 0. The predicted octanol–water partition coefficient (Wildman–Crippen LogP) is 6.90. The van der Waals surface area contributed by atoms with E-state index in [1.54, 1.807) is 28.4 Å². The molecule has 0 saturated carbocycles. The van der Waals surface area contributed by atoms with E-state index in [2.05, 4.69) is 36.0 Å². The second-order valence-electron chi connectivity index (χ2n) is 10.9. The number of methoxy groups -OCH3 is 4. The van der Waals surface area contributed by atoms with Crippen LogP contribution >= 0.6 is 0 Å². The molecule has 4 rings (SSSR count). The Morgan fingerprint density at radius 2 is 1.05 bits per heavy atom. The summed E-state index contributed by atoms with van der Waals surface area (Å²) in [6, 6.07) is 16.1. The van der Waals surface area contributed by atoms with E-state index in [1.807, 2.05) is 69.6 Å². The number of aromatic nitrogens is 2. The number of ether oxygens (including phenoxy) is 5. The molecule has 0 atom stereocenters. The number of anilines is 2. The fourth-order valence-electron chi connectivity index (χ4n) is 4.98. The van der Waals surface area contributed by atoms with Crippen molar-refractivity contribution < 1.29 is 23.7 Å². The van der Waals surface area contributed by atoms with Gasteiger partial charge in [-0.05, 0) is 75.7 Å². The highest BCUT2D eigenvalue weighted by molar-refractivity contribution is 5.70. The third-order valence-electron chi connectivity index (χ3n) is 7.52. The molecule has 9 nitrogen and oxygen atoms in total. The van der Waals surface area contributed by atoms with Crippen LogP contribution in [0.5, 0.6) is 28.7 Å². The van der Waals surface area contributed by atoms with E-state index in [0.717, 1.165) is 70.5 Å². The molecule has 0 bridgehead atoms. The summed E-state index contributed by atoms with van der Waals surface area (Å²) in [6.45, 7) is 7.68. The lowest BCUT2D eigenvalue weighted by atomic mass is 10.1. The maximum Gasteiger partial charge on any atom is 0.203 e. The highest BCUT2D eigenvalue weighted by atomic mass is 16.5. The standard InChI is InChI=1S/C35H44N4O5/c1-23(2)44-35-33(42-8)19-26(20-34(35)43-9)30-14-12-28(22-37-30)39(5)16-10-15-38(4)27-11-13-29(36-21-27)25-17-31(40-6)24(3)32(18-25)41-7/h11-14,17-23H,10,15-16H2,1-9H3. The SMILES string of the molecule is COc1cc(-c2ccc(N(C)CCCN(C)c3ccc(-c4cc(OC)c(OC(C)C)c(OC)c4)nc3)cn2)cc(OC)c1C. The normalized spacial score (nSPS) is 10.9. The van der Waals surface area contributed by atoms with Crippen LogP contribution in [0.15, 0.2) is 60.9 Å². The van der Waals surface area contributed by atoms with Crippen LogP contribution in [0.4, 0.5) is 11.4 Å². The molecule has 0 amide bonds. The smallest absolute Gasteiger partial charge is 0.203 e. The fraction of sp³-hybridized carbons (Fsp3) is 0.371. The molecule has 0 fully saturated rings. The Labute approximate surface area is 261 Å². The van der Waals surface area contributed by atoms with Crippen LogP contribution in [0.3, 0.4) is 0 Å². The van der Waals surface area contributed by atoms with Crippen molar-refractivity contribution >= 4 is 11.4 Å². The van der Waals surface area contributed by atoms with Crippen LogP contribution < -0.4 is 33.5 Å². The average molecular weight is 601 g/mol. The second kappa shape index (κ2) is 14.7. The molecule has 2 aromatic heterocycles. The maximum absolute atomic E-state index is 5.93. The van der Waals surface area contributed by atoms with Gasteiger partial charge >= 0.3 is 0 Å². The van der Waals surface area contributed by atoms with Crippen LogP contribution in [-0.4, -0.2) is 71.7 Å². The molecule has 234 valence electrons. The topological polar surface area (TPSA) is 78.4 Å². The molecular formula is C35H44N4O5. The molecule has 44 heavy (non-hydrogen) atoms. The quantitative estimate of drug-likeness (QED) is 0.154. The molecule has 0 aliphatic rings. The Hall–Kier alpha value is -4.66. The molecule has 2 heterocycles. The summed E-state index contributed by atoms with van der Waals surface area (Å²) in [5.74, 6) is 3.38. The predicted molar refractivity (Wildman–Crippen MR) is 177 cm³/mol. The van der Waals surface area contributed by atoms with Crippen molar-refractivity contribution in [2.45, 2.75) is 33.3 Å². The van der Waals surface area contributed by atoms with Gasteiger partial charge in [0.25, 0.3) is 0 Å². The third-order valence-corrected chi connectivity index (χ3v) is 7.52. The third kappa shape index (κ3) is 7.45. The summed E-state index contributed by atoms with van der Waals surface area (Å²) < 4.78 is 28.2. The summed E-state index contributed by atoms with van der Waals surface area (Å²) in [4.78, 5) is 13.9. The zero-order chi connectivity index (χ0) is 31.8. The van der Waals surface area contributed by atoms with E-state index in [4.69, 9.17) is 33.7 Å². The molecule has 9 heteroatoms. The Morgan fingerprint density at radius 1 is 0.636 bits per heavy atom. The first-order valence-corrected chi connectivity index (χ1v) is 14.7.